The molecule has 0 bridgehead atoms. The zero-order valence-corrected chi connectivity index (χ0v) is 16.2. The fourth-order valence-electron chi connectivity index (χ4n) is 2.22. The molecule has 0 aliphatic rings. The van der Waals surface area contributed by atoms with E-state index in [0.717, 1.165) is 0 Å². The Morgan fingerprint density at radius 1 is 1.04 bits per heavy atom. The van der Waals surface area contributed by atoms with Crippen LogP contribution in [0.3, 0.4) is 0 Å². The van der Waals surface area contributed by atoms with E-state index in [1.165, 1.54) is 0 Å². The largest absolute Gasteiger partial charge is 0.481 e. The van der Waals surface area contributed by atoms with Crippen LogP contribution in [0.1, 0.15) is 30.6 Å². The molecule has 0 aliphatic carbocycles. The molecule has 2 atom stereocenters. The number of thiol groups is 1. The smallest absolute Gasteiger partial charge is 0.305 e. The maximum Gasteiger partial charge on any atom is 0.305 e. The maximum absolute atomic E-state index is 12.5. The molecular formula is C18H25N3O5S. The number of carbonyl (C=O) groups is 4. The third-order valence-electron chi connectivity index (χ3n) is 3.73. The summed E-state index contributed by atoms with van der Waals surface area (Å²) in [7, 11) is 0. The summed E-state index contributed by atoms with van der Waals surface area (Å²) in [4.78, 5) is 47.5. The van der Waals surface area contributed by atoms with Gasteiger partial charge in [0, 0.05) is 17.9 Å². The van der Waals surface area contributed by atoms with Gasteiger partial charge in [0.2, 0.25) is 11.8 Å². The van der Waals surface area contributed by atoms with Crippen LogP contribution >= 0.6 is 12.6 Å². The Hall–Kier alpha value is -2.55. The molecule has 0 spiro atoms. The summed E-state index contributed by atoms with van der Waals surface area (Å²) >= 11 is 4.11. The van der Waals surface area contributed by atoms with Gasteiger partial charge in [-0.15, -0.1) is 0 Å². The Labute approximate surface area is 163 Å². The van der Waals surface area contributed by atoms with Gasteiger partial charge in [-0.3, -0.25) is 19.2 Å². The fraction of sp³-hybridized carbons (Fsp3) is 0.444. The van der Waals surface area contributed by atoms with E-state index in [2.05, 4.69) is 28.6 Å². The highest BCUT2D eigenvalue weighted by molar-refractivity contribution is 7.80. The molecule has 0 fully saturated rings. The number of amides is 3. The molecule has 0 unspecified atom stereocenters. The number of carboxylic acid groups (broad SMARTS) is 1. The zero-order chi connectivity index (χ0) is 20.4. The molecule has 0 saturated carbocycles. The number of nitrogens with one attached hydrogen (secondary N) is 3. The molecule has 8 nitrogen and oxygen atoms in total. The molecule has 0 aliphatic heterocycles. The fourth-order valence-corrected chi connectivity index (χ4v) is 2.47. The van der Waals surface area contributed by atoms with Crippen LogP contribution in [0.2, 0.25) is 0 Å². The summed E-state index contributed by atoms with van der Waals surface area (Å²) in [6.45, 7) is 3.47. The summed E-state index contributed by atoms with van der Waals surface area (Å²) < 4.78 is 0. The van der Waals surface area contributed by atoms with Crippen LogP contribution < -0.4 is 16.0 Å². The minimum atomic E-state index is -1.03. The van der Waals surface area contributed by atoms with E-state index in [1.54, 1.807) is 44.2 Å². The van der Waals surface area contributed by atoms with Crippen molar-refractivity contribution in [1.82, 2.24) is 16.0 Å². The van der Waals surface area contributed by atoms with Crippen LogP contribution in [0.25, 0.3) is 0 Å². The van der Waals surface area contributed by atoms with E-state index in [9.17, 15) is 19.2 Å². The Morgan fingerprint density at radius 2 is 1.67 bits per heavy atom. The van der Waals surface area contributed by atoms with Crippen molar-refractivity contribution >= 4 is 36.3 Å². The van der Waals surface area contributed by atoms with Gasteiger partial charge in [0.25, 0.3) is 5.91 Å². The normalized spacial score (nSPS) is 12.7. The third kappa shape index (κ3) is 7.69. The van der Waals surface area contributed by atoms with Crippen molar-refractivity contribution in [2.45, 2.75) is 32.4 Å². The first-order chi connectivity index (χ1) is 12.8. The van der Waals surface area contributed by atoms with Crippen molar-refractivity contribution in [2.24, 2.45) is 5.92 Å². The van der Waals surface area contributed by atoms with E-state index in [0.29, 0.717) is 5.56 Å². The lowest BCUT2D eigenvalue weighted by molar-refractivity contribution is -0.137. The monoisotopic (exact) mass is 395 g/mol. The number of carbonyl (C=O) groups excluding carboxylic acids is 3. The predicted molar refractivity (Wildman–Crippen MR) is 104 cm³/mol. The van der Waals surface area contributed by atoms with E-state index >= 15 is 0 Å². The Morgan fingerprint density at radius 3 is 2.19 bits per heavy atom. The molecule has 1 rings (SSSR count). The number of hydrogen-bond acceptors (Lipinski definition) is 5. The molecule has 0 aromatic heterocycles. The van der Waals surface area contributed by atoms with Crippen molar-refractivity contribution < 1.29 is 24.3 Å². The van der Waals surface area contributed by atoms with Gasteiger partial charge in [-0.05, 0) is 18.1 Å². The van der Waals surface area contributed by atoms with E-state index in [4.69, 9.17) is 5.11 Å². The van der Waals surface area contributed by atoms with Gasteiger partial charge in [-0.2, -0.15) is 12.6 Å². The van der Waals surface area contributed by atoms with Crippen molar-refractivity contribution in [3.05, 3.63) is 35.9 Å². The predicted octanol–water partition coefficient (Wildman–Crippen LogP) is 0.447. The lowest BCUT2D eigenvalue weighted by Gasteiger charge is -2.24. The number of benzene rings is 1. The van der Waals surface area contributed by atoms with Gasteiger partial charge in [-0.25, -0.2) is 0 Å². The minimum absolute atomic E-state index is 0.0337. The second-order valence-corrected chi connectivity index (χ2v) is 6.60. The molecule has 0 radical (unpaired) electrons. The Balaban J connectivity index is 2.70. The molecular weight excluding hydrogens is 370 g/mol. The summed E-state index contributed by atoms with van der Waals surface area (Å²) in [5.41, 5.74) is 0.406. The topological polar surface area (TPSA) is 125 Å². The highest BCUT2D eigenvalue weighted by Crippen LogP contribution is 2.04. The van der Waals surface area contributed by atoms with Crippen LogP contribution in [-0.2, 0) is 14.4 Å². The summed E-state index contributed by atoms with van der Waals surface area (Å²) in [5, 5.41) is 16.3. The summed E-state index contributed by atoms with van der Waals surface area (Å²) in [5.74, 6) is -2.65. The third-order valence-corrected chi connectivity index (χ3v) is 4.09. The highest BCUT2D eigenvalue weighted by Gasteiger charge is 2.28. The van der Waals surface area contributed by atoms with Crippen LogP contribution in [0.5, 0.6) is 0 Å². The molecule has 4 N–H and O–H groups in total. The summed E-state index contributed by atoms with van der Waals surface area (Å²) in [6, 6.07) is 6.65. The lowest BCUT2D eigenvalue weighted by atomic mass is 10.0. The molecule has 1 aromatic carbocycles. The van der Waals surface area contributed by atoms with Gasteiger partial charge in [0.05, 0.1) is 6.42 Å². The van der Waals surface area contributed by atoms with Crippen LogP contribution in [0.4, 0.5) is 0 Å². The van der Waals surface area contributed by atoms with Crippen molar-refractivity contribution in [3.63, 3.8) is 0 Å². The number of aliphatic carboxylic acids is 1. The van der Waals surface area contributed by atoms with E-state index < -0.39 is 35.8 Å². The average molecular weight is 395 g/mol. The number of carboxylic acids is 1. The van der Waals surface area contributed by atoms with Crippen molar-refractivity contribution in [2.75, 3.05) is 12.3 Å². The van der Waals surface area contributed by atoms with Crippen molar-refractivity contribution in [1.29, 1.82) is 0 Å². The highest BCUT2D eigenvalue weighted by atomic mass is 32.1. The van der Waals surface area contributed by atoms with Gasteiger partial charge >= 0.3 is 5.97 Å². The quantitative estimate of drug-likeness (QED) is 0.368. The van der Waals surface area contributed by atoms with Gasteiger partial charge in [0.15, 0.2) is 0 Å². The summed E-state index contributed by atoms with van der Waals surface area (Å²) in [6.07, 6.45) is -0.211. The average Bonchev–Trinajstić information content (AvgIpc) is 2.63. The molecule has 3 amide bonds. The molecule has 148 valence electrons. The van der Waals surface area contributed by atoms with Crippen molar-refractivity contribution in [3.8, 4) is 0 Å². The molecule has 27 heavy (non-hydrogen) atoms. The van der Waals surface area contributed by atoms with Crippen LogP contribution in [0, 0.1) is 5.92 Å². The molecule has 0 saturated heterocycles. The van der Waals surface area contributed by atoms with Gasteiger partial charge in [0.1, 0.15) is 12.1 Å². The number of rotatable bonds is 10. The van der Waals surface area contributed by atoms with E-state index in [1.807, 2.05) is 0 Å². The Kier molecular flexibility index (Phi) is 9.35. The lowest BCUT2D eigenvalue weighted by Crippen LogP contribution is -2.56. The number of hydrogen-bond donors (Lipinski definition) is 5. The first-order valence-electron chi connectivity index (χ1n) is 8.53. The maximum atomic E-state index is 12.5. The van der Waals surface area contributed by atoms with Gasteiger partial charge < -0.3 is 21.1 Å². The van der Waals surface area contributed by atoms with E-state index in [-0.39, 0.29) is 24.6 Å². The molecule has 0 heterocycles. The second-order valence-electron chi connectivity index (χ2n) is 6.24. The second kappa shape index (κ2) is 11.2. The minimum Gasteiger partial charge on any atom is -0.481 e. The zero-order valence-electron chi connectivity index (χ0n) is 15.3. The Bertz CT molecular complexity index is 666. The standard InChI is InChI=1S/C18H25N3O5S/c1-11(2)15(18(26)19-9-8-14(22)23)21-17(25)13(10-27)20-16(24)12-6-4-3-5-7-12/h3-7,11,13,15,27H,8-10H2,1-2H3,(H,19,26)(H,20,24)(H,21,25)(H,22,23)/t13-,15-/m0/s1. The molecule has 1 aromatic rings. The first-order valence-corrected chi connectivity index (χ1v) is 9.16. The van der Waals surface area contributed by atoms with Crippen LogP contribution in [0.15, 0.2) is 30.3 Å². The van der Waals surface area contributed by atoms with Crippen LogP contribution in [-0.4, -0.2) is 53.2 Å². The SMILES string of the molecule is CC(C)[C@H](NC(=O)[C@H](CS)NC(=O)c1ccccc1)C(=O)NCCC(=O)O. The van der Waals surface area contributed by atoms with Gasteiger partial charge in [-0.1, -0.05) is 32.0 Å². The first kappa shape index (κ1) is 22.5. The molecule has 9 heteroatoms.